The number of amides is 1. The van der Waals surface area contributed by atoms with Crippen LogP contribution in [0.5, 0.6) is 0 Å². The highest BCUT2D eigenvalue weighted by Crippen LogP contribution is 2.23. The van der Waals surface area contributed by atoms with Crippen LogP contribution in [0, 0.1) is 18.3 Å². The number of carbonyl (C=O) groups is 2. The van der Waals surface area contributed by atoms with Crippen LogP contribution >= 0.6 is 0 Å². The standard InChI is InChI=1S/C12H18N2O3/c1-2-4-10(12(16)17)14-11(15)8-5-3-6-9(13)7-8/h1,8-10H,3-7,13H2,(H,14,15)(H,16,17). The summed E-state index contributed by atoms with van der Waals surface area (Å²) in [6.45, 7) is 0. The average Bonchev–Trinajstić information content (AvgIpc) is 2.28. The summed E-state index contributed by atoms with van der Waals surface area (Å²) in [6, 6.07) is -0.957. The second kappa shape index (κ2) is 6.26. The minimum atomic E-state index is -1.10. The Morgan fingerprint density at radius 1 is 1.53 bits per heavy atom. The minimum absolute atomic E-state index is 0.000152. The second-order valence-electron chi connectivity index (χ2n) is 4.43. The van der Waals surface area contributed by atoms with E-state index in [1.165, 1.54) is 0 Å². The zero-order chi connectivity index (χ0) is 12.8. The van der Waals surface area contributed by atoms with Crippen molar-refractivity contribution in [3.8, 4) is 12.3 Å². The van der Waals surface area contributed by atoms with Gasteiger partial charge in [0.2, 0.25) is 5.91 Å². The first-order valence-electron chi connectivity index (χ1n) is 5.76. The molecule has 3 unspecified atom stereocenters. The first-order chi connectivity index (χ1) is 8.04. The van der Waals surface area contributed by atoms with E-state index in [2.05, 4.69) is 11.2 Å². The maximum Gasteiger partial charge on any atom is 0.327 e. The van der Waals surface area contributed by atoms with E-state index >= 15 is 0 Å². The first-order valence-corrected chi connectivity index (χ1v) is 5.76. The number of terminal acetylenes is 1. The Kier molecular flexibility index (Phi) is 4.98. The molecule has 5 heteroatoms. The number of rotatable bonds is 4. The molecule has 5 nitrogen and oxygen atoms in total. The molecular formula is C12H18N2O3. The van der Waals surface area contributed by atoms with E-state index < -0.39 is 12.0 Å². The van der Waals surface area contributed by atoms with E-state index in [1.807, 2.05) is 0 Å². The molecule has 1 aliphatic rings. The molecule has 17 heavy (non-hydrogen) atoms. The Hall–Kier alpha value is -1.54. The second-order valence-corrected chi connectivity index (χ2v) is 4.43. The summed E-state index contributed by atoms with van der Waals surface area (Å²) >= 11 is 0. The van der Waals surface area contributed by atoms with Gasteiger partial charge in [0, 0.05) is 18.4 Å². The Morgan fingerprint density at radius 2 is 2.24 bits per heavy atom. The lowest BCUT2D eigenvalue weighted by Crippen LogP contribution is -2.45. The van der Waals surface area contributed by atoms with Crippen LogP contribution in [0.3, 0.4) is 0 Å². The molecule has 0 aliphatic heterocycles. The topological polar surface area (TPSA) is 92.4 Å². The molecule has 0 spiro atoms. The van der Waals surface area contributed by atoms with Gasteiger partial charge in [0.05, 0.1) is 0 Å². The van der Waals surface area contributed by atoms with Crippen LogP contribution < -0.4 is 11.1 Å². The molecule has 1 amide bonds. The van der Waals surface area contributed by atoms with Gasteiger partial charge in [-0.15, -0.1) is 12.3 Å². The van der Waals surface area contributed by atoms with Crippen molar-refractivity contribution in [3.05, 3.63) is 0 Å². The first kappa shape index (κ1) is 13.5. The molecule has 0 bridgehead atoms. The summed E-state index contributed by atoms with van der Waals surface area (Å²) < 4.78 is 0. The molecule has 94 valence electrons. The SMILES string of the molecule is C#CCC(NC(=O)C1CCCC(N)C1)C(=O)O. The van der Waals surface area contributed by atoms with Gasteiger partial charge in [0.1, 0.15) is 6.04 Å². The molecule has 1 saturated carbocycles. The third-order valence-electron chi connectivity index (χ3n) is 3.02. The lowest BCUT2D eigenvalue weighted by molar-refractivity contribution is -0.142. The van der Waals surface area contributed by atoms with Crippen molar-refractivity contribution in [2.75, 3.05) is 0 Å². The predicted octanol–water partition coefficient (Wildman–Crippen LogP) is 0.0966. The van der Waals surface area contributed by atoms with Crippen LogP contribution in [-0.2, 0) is 9.59 Å². The number of aliphatic carboxylic acids is 1. The molecule has 0 aromatic carbocycles. The average molecular weight is 238 g/mol. The molecular weight excluding hydrogens is 220 g/mol. The molecule has 0 aromatic heterocycles. The Labute approximate surface area is 101 Å². The fourth-order valence-corrected chi connectivity index (χ4v) is 2.07. The Balaban J connectivity index is 2.52. The molecule has 1 aliphatic carbocycles. The highest BCUT2D eigenvalue weighted by molar-refractivity contribution is 5.85. The predicted molar refractivity (Wildman–Crippen MR) is 62.9 cm³/mol. The van der Waals surface area contributed by atoms with Gasteiger partial charge < -0.3 is 16.2 Å². The zero-order valence-electron chi connectivity index (χ0n) is 9.69. The third-order valence-corrected chi connectivity index (χ3v) is 3.02. The number of nitrogens with one attached hydrogen (secondary N) is 1. The Bertz CT molecular complexity index is 335. The van der Waals surface area contributed by atoms with Gasteiger partial charge in [-0.05, 0) is 19.3 Å². The quantitative estimate of drug-likeness (QED) is 0.605. The van der Waals surface area contributed by atoms with Crippen molar-refractivity contribution in [1.82, 2.24) is 5.32 Å². The van der Waals surface area contributed by atoms with Gasteiger partial charge in [-0.2, -0.15) is 0 Å². The number of nitrogens with two attached hydrogens (primary N) is 1. The molecule has 1 fully saturated rings. The number of hydrogen-bond acceptors (Lipinski definition) is 3. The van der Waals surface area contributed by atoms with E-state index in [4.69, 9.17) is 17.3 Å². The van der Waals surface area contributed by atoms with E-state index in [0.29, 0.717) is 6.42 Å². The molecule has 0 aromatic rings. The van der Waals surface area contributed by atoms with Gasteiger partial charge >= 0.3 is 5.97 Å². The van der Waals surface area contributed by atoms with Crippen molar-refractivity contribution in [1.29, 1.82) is 0 Å². The number of carbonyl (C=O) groups excluding carboxylic acids is 1. The largest absolute Gasteiger partial charge is 0.480 e. The molecule has 3 atom stereocenters. The summed E-state index contributed by atoms with van der Waals surface area (Å²) in [4.78, 5) is 22.7. The molecule has 1 rings (SSSR count). The smallest absolute Gasteiger partial charge is 0.327 e. The summed E-state index contributed by atoms with van der Waals surface area (Å²) in [7, 11) is 0. The van der Waals surface area contributed by atoms with Crippen LogP contribution in [0.4, 0.5) is 0 Å². The summed E-state index contributed by atoms with van der Waals surface area (Å²) in [5.74, 6) is 0.716. The van der Waals surface area contributed by atoms with Crippen molar-refractivity contribution < 1.29 is 14.7 Å². The Morgan fingerprint density at radius 3 is 2.76 bits per heavy atom. The van der Waals surface area contributed by atoms with Crippen LogP contribution in [-0.4, -0.2) is 29.1 Å². The number of hydrogen-bond donors (Lipinski definition) is 3. The number of carboxylic acids is 1. The van der Waals surface area contributed by atoms with E-state index in [0.717, 1.165) is 19.3 Å². The molecule has 0 radical (unpaired) electrons. The van der Waals surface area contributed by atoms with Crippen LogP contribution in [0.1, 0.15) is 32.1 Å². The third kappa shape index (κ3) is 4.08. The van der Waals surface area contributed by atoms with Crippen molar-refractivity contribution >= 4 is 11.9 Å². The maximum atomic E-state index is 11.8. The highest BCUT2D eigenvalue weighted by Gasteiger charge is 2.28. The molecule has 0 heterocycles. The van der Waals surface area contributed by atoms with Gasteiger partial charge in [-0.25, -0.2) is 4.79 Å². The van der Waals surface area contributed by atoms with Crippen LogP contribution in [0.25, 0.3) is 0 Å². The fraction of sp³-hybridized carbons (Fsp3) is 0.667. The summed E-state index contributed by atoms with van der Waals surface area (Å²) in [5.41, 5.74) is 5.78. The molecule has 0 saturated heterocycles. The maximum absolute atomic E-state index is 11.8. The number of carboxylic acid groups (broad SMARTS) is 1. The lowest BCUT2D eigenvalue weighted by atomic mass is 9.85. The van der Waals surface area contributed by atoms with Gasteiger partial charge in [0.15, 0.2) is 0 Å². The van der Waals surface area contributed by atoms with Gasteiger partial charge in [0.25, 0.3) is 0 Å². The van der Waals surface area contributed by atoms with Crippen LogP contribution in [0.2, 0.25) is 0 Å². The zero-order valence-corrected chi connectivity index (χ0v) is 9.69. The van der Waals surface area contributed by atoms with Gasteiger partial charge in [-0.1, -0.05) is 6.42 Å². The fourth-order valence-electron chi connectivity index (χ4n) is 2.07. The lowest BCUT2D eigenvalue weighted by Gasteiger charge is -2.26. The monoisotopic (exact) mass is 238 g/mol. The van der Waals surface area contributed by atoms with E-state index in [9.17, 15) is 9.59 Å². The normalized spacial score (nSPS) is 25.6. The minimum Gasteiger partial charge on any atom is -0.480 e. The summed E-state index contributed by atoms with van der Waals surface area (Å²) in [5, 5.41) is 11.3. The molecule has 4 N–H and O–H groups in total. The van der Waals surface area contributed by atoms with Crippen molar-refractivity contribution in [2.24, 2.45) is 11.7 Å². The van der Waals surface area contributed by atoms with E-state index in [-0.39, 0.29) is 24.3 Å². The highest BCUT2D eigenvalue weighted by atomic mass is 16.4. The summed E-state index contributed by atoms with van der Waals surface area (Å²) in [6.07, 6.45) is 8.28. The van der Waals surface area contributed by atoms with Crippen LogP contribution in [0.15, 0.2) is 0 Å². The van der Waals surface area contributed by atoms with E-state index in [1.54, 1.807) is 0 Å². The van der Waals surface area contributed by atoms with Crippen molar-refractivity contribution in [3.63, 3.8) is 0 Å². The van der Waals surface area contributed by atoms with Gasteiger partial charge in [-0.3, -0.25) is 4.79 Å². The van der Waals surface area contributed by atoms with Crippen molar-refractivity contribution in [2.45, 2.75) is 44.2 Å².